The van der Waals surface area contributed by atoms with Crippen LogP contribution in [0.25, 0.3) is 0 Å². The summed E-state index contributed by atoms with van der Waals surface area (Å²) in [6.45, 7) is 6.86. The highest BCUT2D eigenvalue weighted by atomic mass is 16.5. The highest BCUT2D eigenvalue weighted by molar-refractivity contribution is 5.92. The van der Waals surface area contributed by atoms with Gasteiger partial charge in [0.15, 0.2) is 0 Å². The summed E-state index contributed by atoms with van der Waals surface area (Å²) >= 11 is 0. The normalized spacial score (nSPS) is 10.5. The molecule has 1 aromatic rings. The molecule has 1 aromatic carbocycles. The van der Waals surface area contributed by atoms with Gasteiger partial charge < -0.3 is 21.1 Å². The zero-order valence-electron chi connectivity index (χ0n) is 12.8. The van der Waals surface area contributed by atoms with Crippen LogP contribution in [0, 0.1) is 5.92 Å². The van der Waals surface area contributed by atoms with E-state index in [0.29, 0.717) is 36.0 Å². The summed E-state index contributed by atoms with van der Waals surface area (Å²) in [5.74, 6) is -0.501. The summed E-state index contributed by atoms with van der Waals surface area (Å²) < 4.78 is 4.93. The van der Waals surface area contributed by atoms with Gasteiger partial charge in [0.1, 0.15) is 0 Å². The number of benzene rings is 1. The second-order valence-corrected chi connectivity index (χ2v) is 5.23. The predicted molar refractivity (Wildman–Crippen MR) is 83.1 cm³/mol. The van der Waals surface area contributed by atoms with Crippen molar-refractivity contribution in [1.82, 2.24) is 0 Å². The molecule has 0 radical (unpaired) electrons. The molecule has 0 aromatic heterocycles. The molecule has 0 spiro atoms. The number of anilines is 2. The molecule has 4 N–H and O–H groups in total. The van der Waals surface area contributed by atoms with Crippen molar-refractivity contribution in [2.24, 2.45) is 11.7 Å². The van der Waals surface area contributed by atoms with Crippen LogP contribution in [0.1, 0.15) is 31.1 Å². The summed E-state index contributed by atoms with van der Waals surface area (Å²) in [6, 6.07) is 4.91. The zero-order valence-corrected chi connectivity index (χ0v) is 12.8. The van der Waals surface area contributed by atoms with Crippen LogP contribution < -0.4 is 16.4 Å². The summed E-state index contributed by atoms with van der Waals surface area (Å²) in [5.41, 5.74) is 12.8. The second-order valence-electron chi connectivity index (χ2n) is 5.23. The van der Waals surface area contributed by atoms with E-state index in [-0.39, 0.29) is 6.54 Å². The van der Waals surface area contributed by atoms with Crippen molar-refractivity contribution in [2.75, 3.05) is 30.3 Å². The molecule has 0 aliphatic rings. The second kappa shape index (κ2) is 7.52. The minimum atomic E-state index is -0.426. The molecule has 6 heteroatoms. The van der Waals surface area contributed by atoms with Crippen LogP contribution in [-0.4, -0.2) is 31.6 Å². The van der Waals surface area contributed by atoms with Crippen molar-refractivity contribution >= 4 is 23.3 Å². The van der Waals surface area contributed by atoms with Crippen molar-refractivity contribution < 1.29 is 14.3 Å². The third-order valence-electron chi connectivity index (χ3n) is 2.81. The summed E-state index contributed by atoms with van der Waals surface area (Å²) in [7, 11) is 0. The summed E-state index contributed by atoms with van der Waals surface area (Å²) in [5, 5.41) is 0. The van der Waals surface area contributed by atoms with Crippen molar-refractivity contribution in [3.63, 3.8) is 0 Å². The molecular formula is C15H23N3O3. The highest BCUT2D eigenvalue weighted by Crippen LogP contribution is 2.25. The minimum Gasteiger partial charge on any atom is -0.462 e. The van der Waals surface area contributed by atoms with E-state index >= 15 is 0 Å². The molecular weight excluding hydrogens is 270 g/mol. The number of primary amides is 1. The van der Waals surface area contributed by atoms with E-state index in [1.807, 2.05) is 18.7 Å². The van der Waals surface area contributed by atoms with Gasteiger partial charge in [-0.25, -0.2) is 4.79 Å². The monoisotopic (exact) mass is 293 g/mol. The maximum absolute atomic E-state index is 11.7. The van der Waals surface area contributed by atoms with Gasteiger partial charge in [-0.2, -0.15) is 0 Å². The zero-order chi connectivity index (χ0) is 16.0. The SMILES string of the molecule is CCOC(=O)c1ccc(N(CC(N)=O)CC(C)C)c(N)c1. The number of ether oxygens (including phenoxy) is 1. The predicted octanol–water partition coefficient (Wildman–Crippen LogP) is 1.39. The molecule has 21 heavy (non-hydrogen) atoms. The quantitative estimate of drug-likeness (QED) is 0.584. The first-order chi connectivity index (χ1) is 9.85. The lowest BCUT2D eigenvalue weighted by molar-refractivity contribution is -0.116. The lowest BCUT2D eigenvalue weighted by atomic mass is 10.1. The Bertz CT molecular complexity index is 515. The lowest BCUT2D eigenvalue weighted by Crippen LogP contribution is -2.36. The average Bonchev–Trinajstić information content (AvgIpc) is 2.36. The number of rotatable bonds is 7. The van der Waals surface area contributed by atoms with Crippen LogP contribution >= 0.6 is 0 Å². The van der Waals surface area contributed by atoms with E-state index in [9.17, 15) is 9.59 Å². The third kappa shape index (κ3) is 4.98. The van der Waals surface area contributed by atoms with E-state index in [2.05, 4.69) is 0 Å². The number of carbonyl (C=O) groups is 2. The summed E-state index contributed by atoms with van der Waals surface area (Å²) in [4.78, 5) is 24.7. The highest BCUT2D eigenvalue weighted by Gasteiger charge is 2.16. The number of nitrogens with zero attached hydrogens (tertiary/aromatic N) is 1. The Hall–Kier alpha value is -2.24. The van der Waals surface area contributed by atoms with Gasteiger partial charge in [-0.3, -0.25) is 4.79 Å². The fourth-order valence-corrected chi connectivity index (χ4v) is 2.06. The van der Waals surface area contributed by atoms with Crippen molar-refractivity contribution in [3.05, 3.63) is 23.8 Å². The largest absolute Gasteiger partial charge is 0.462 e. The van der Waals surface area contributed by atoms with Gasteiger partial charge in [-0.15, -0.1) is 0 Å². The van der Waals surface area contributed by atoms with E-state index in [1.165, 1.54) is 0 Å². The van der Waals surface area contributed by atoms with Crippen LogP contribution in [0.15, 0.2) is 18.2 Å². The Morgan fingerprint density at radius 1 is 1.33 bits per heavy atom. The molecule has 0 fully saturated rings. The molecule has 0 aliphatic heterocycles. The Kier molecular flexibility index (Phi) is 6.02. The number of carbonyl (C=O) groups excluding carboxylic acids is 2. The number of nitrogen functional groups attached to an aromatic ring is 1. The molecule has 0 atom stereocenters. The Balaban J connectivity index is 3.03. The van der Waals surface area contributed by atoms with Gasteiger partial charge >= 0.3 is 5.97 Å². The maximum Gasteiger partial charge on any atom is 0.338 e. The molecule has 6 nitrogen and oxygen atoms in total. The van der Waals surface area contributed by atoms with Crippen LogP contribution in [0.3, 0.4) is 0 Å². The molecule has 0 saturated heterocycles. The van der Waals surface area contributed by atoms with Gasteiger partial charge in [-0.1, -0.05) is 13.8 Å². The molecule has 0 aliphatic carbocycles. The first-order valence-electron chi connectivity index (χ1n) is 6.95. The standard InChI is InChI=1S/C15H23N3O3/c1-4-21-15(20)11-5-6-13(12(16)7-11)18(8-10(2)3)9-14(17)19/h5-7,10H,4,8-9,16H2,1-3H3,(H2,17,19). The molecule has 116 valence electrons. The first kappa shape index (κ1) is 16.8. The van der Waals surface area contributed by atoms with Gasteiger partial charge in [0.2, 0.25) is 5.91 Å². The molecule has 1 amide bonds. The fourth-order valence-electron chi connectivity index (χ4n) is 2.06. The Morgan fingerprint density at radius 2 is 2.00 bits per heavy atom. The van der Waals surface area contributed by atoms with Crippen LogP contribution in [0.5, 0.6) is 0 Å². The summed E-state index contributed by atoms with van der Waals surface area (Å²) in [6.07, 6.45) is 0. The van der Waals surface area contributed by atoms with Crippen molar-refractivity contribution in [3.8, 4) is 0 Å². The van der Waals surface area contributed by atoms with E-state index < -0.39 is 11.9 Å². The van der Waals surface area contributed by atoms with Crippen molar-refractivity contribution in [1.29, 1.82) is 0 Å². The third-order valence-corrected chi connectivity index (χ3v) is 2.81. The fraction of sp³-hybridized carbons (Fsp3) is 0.467. The molecule has 0 saturated carbocycles. The van der Waals surface area contributed by atoms with Gasteiger partial charge in [0.05, 0.1) is 30.1 Å². The van der Waals surface area contributed by atoms with Gasteiger partial charge in [0.25, 0.3) is 0 Å². The van der Waals surface area contributed by atoms with Crippen molar-refractivity contribution in [2.45, 2.75) is 20.8 Å². The van der Waals surface area contributed by atoms with Gasteiger partial charge in [0, 0.05) is 6.54 Å². The van der Waals surface area contributed by atoms with Crippen LogP contribution in [0.4, 0.5) is 11.4 Å². The Morgan fingerprint density at radius 3 is 2.48 bits per heavy atom. The molecule has 0 heterocycles. The number of amides is 1. The van der Waals surface area contributed by atoms with Crippen LogP contribution in [0.2, 0.25) is 0 Å². The van der Waals surface area contributed by atoms with E-state index in [0.717, 1.165) is 0 Å². The number of esters is 1. The van der Waals surface area contributed by atoms with Crippen LogP contribution in [-0.2, 0) is 9.53 Å². The lowest BCUT2D eigenvalue weighted by Gasteiger charge is -2.26. The Labute approximate surface area is 125 Å². The number of nitrogens with two attached hydrogens (primary N) is 2. The molecule has 1 rings (SSSR count). The van der Waals surface area contributed by atoms with Gasteiger partial charge in [-0.05, 0) is 31.0 Å². The number of hydrogen-bond acceptors (Lipinski definition) is 5. The molecule has 0 bridgehead atoms. The van der Waals surface area contributed by atoms with E-state index in [1.54, 1.807) is 25.1 Å². The van der Waals surface area contributed by atoms with E-state index in [4.69, 9.17) is 16.2 Å². The number of hydrogen-bond donors (Lipinski definition) is 2. The minimum absolute atomic E-state index is 0.0845. The smallest absolute Gasteiger partial charge is 0.338 e. The maximum atomic E-state index is 11.7. The topological polar surface area (TPSA) is 98.6 Å². The molecule has 0 unspecified atom stereocenters. The first-order valence-corrected chi connectivity index (χ1v) is 6.95. The average molecular weight is 293 g/mol.